The summed E-state index contributed by atoms with van der Waals surface area (Å²) in [5, 5.41) is 2.53. The Labute approximate surface area is 212 Å². The summed E-state index contributed by atoms with van der Waals surface area (Å²) >= 11 is 0. The second kappa shape index (κ2) is 6.68. The highest BCUT2D eigenvalue weighted by atomic mass is 16.6. The molecule has 5 fully saturated rings. The summed E-state index contributed by atoms with van der Waals surface area (Å²) in [6, 6.07) is 9.98. The number of hydrogen-bond acceptors (Lipinski definition) is 5. The Morgan fingerprint density at radius 3 is 2.92 bits per heavy atom. The number of likely N-dealkylation sites (tertiary alicyclic amines) is 1. The van der Waals surface area contributed by atoms with E-state index in [1.807, 2.05) is 12.4 Å². The largest absolute Gasteiger partial charge is 0.363 e. The van der Waals surface area contributed by atoms with E-state index in [1.54, 1.807) is 0 Å². The van der Waals surface area contributed by atoms with E-state index >= 15 is 0 Å². The molecule has 8 atom stereocenters. The number of nitrogens with two attached hydrogens (primary N) is 1. The summed E-state index contributed by atoms with van der Waals surface area (Å²) < 4.78 is 13.8. The first-order valence-electron chi connectivity index (χ1n) is 14.1. The van der Waals surface area contributed by atoms with E-state index in [2.05, 4.69) is 53.2 Å². The molecule has 1 unspecified atom stereocenters. The van der Waals surface area contributed by atoms with Gasteiger partial charge in [-0.3, -0.25) is 9.88 Å². The van der Waals surface area contributed by atoms with Crippen LogP contribution in [0.3, 0.4) is 0 Å². The molecule has 1 aromatic heterocycles. The van der Waals surface area contributed by atoms with Crippen LogP contribution < -0.4 is 5.73 Å². The van der Waals surface area contributed by atoms with Gasteiger partial charge in [0, 0.05) is 43.0 Å². The highest BCUT2D eigenvalue weighted by Gasteiger charge is 2.71. The number of ether oxygens (including phenoxy) is 2. The van der Waals surface area contributed by atoms with Gasteiger partial charge in [-0.15, -0.1) is 0 Å². The number of epoxide rings is 1. The van der Waals surface area contributed by atoms with Crippen molar-refractivity contribution in [2.75, 3.05) is 13.1 Å². The Balaban J connectivity index is 1.09. The SMILES string of the molecule is C[C@]12CC=C3C=C4[C@H]5O[C@H]5[C@@H](N5CC(N)C5)C[C@]45CCC3(O5)[C@@H]1CC[C@@H]2c1ccc2ccncc2c1. The molecule has 2 saturated carbocycles. The van der Waals surface area contributed by atoms with Gasteiger partial charge in [0.05, 0.1) is 11.2 Å². The summed E-state index contributed by atoms with van der Waals surface area (Å²) in [5.74, 6) is 1.12. The lowest BCUT2D eigenvalue weighted by atomic mass is 9.58. The van der Waals surface area contributed by atoms with Crippen molar-refractivity contribution in [3.05, 3.63) is 65.5 Å². The summed E-state index contributed by atoms with van der Waals surface area (Å²) in [7, 11) is 0. The van der Waals surface area contributed by atoms with Gasteiger partial charge in [0.2, 0.25) is 0 Å². The summed E-state index contributed by atoms with van der Waals surface area (Å²) in [5.41, 5.74) is 10.5. The van der Waals surface area contributed by atoms with E-state index in [4.69, 9.17) is 15.2 Å². The third kappa shape index (κ3) is 2.49. The molecule has 2 spiro atoms. The van der Waals surface area contributed by atoms with Gasteiger partial charge in [0.15, 0.2) is 0 Å². The number of fused-ring (bicyclic) bond motifs is 4. The standard InChI is InChI=1S/C31H35N3O2/c1-29-8-6-21-13-24-27-28(35-27)25(34-16-22(32)17-34)14-30(24)9-10-31(21,36-30)26(29)5-4-23(29)19-3-2-18-7-11-33-15-20(18)12-19/h2-3,6-7,11-13,15,22-23,25-28H,4-5,8-10,14,16-17,32H2,1H3/t23-,25+,26-,27-,28+,29-,30-,31?/m1/s1. The van der Waals surface area contributed by atoms with Crippen molar-refractivity contribution in [3.8, 4) is 0 Å². The molecule has 186 valence electrons. The average Bonchev–Trinajstić information content (AvgIpc) is 3.50. The molecular formula is C31H35N3O2. The summed E-state index contributed by atoms with van der Waals surface area (Å²) in [4.78, 5) is 6.95. The first-order chi connectivity index (χ1) is 17.5. The van der Waals surface area contributed by atoms with Crippen molar-refractivity contribution in [1.29, 1.82) is 0 Å². The van der Waals surface area contributed by atoms with Crippen molar-refractivity contribution in [2.45, 2.75) is 86.9 Å². The minimum Gasteiger partial charge on any atom is -0.363 e. The van der Waals surface area contributed by atoms with Gasteiger partial charge in [0.1, 0.15) is 12.2 Å². The van der Waals surface area contributed by atoms with Gasteiger partial charge in [-0.25, -0.2) is 0 Å². The normalized spacial score (nSPS) is 46.8. The quantitative estimate of drug-likeness (QED) is 0.641. The van der Waals surface area contributed by atoms with Crippen LogP contribution in [0.25, 0.3) is 10.8 Å². The van der Waals surface area contributed by atoms with E-state index in [0.29, 0.717) is 30.0 Å². The van der Waals surface area contributed by atoms with Crippen molar-refractivity contribution < 1.29 is 9.47 Å². The molecule has 0 amide bonds. The second-order valence-corrected chi connectivity index (χ2v) is 13.1. The summed E-state index contributed by atoms with van der Waals surface area (Å²) in [6.45, 7) is 4.57. The van der Waals surface area contributed by atoms with Gasteiger partial charge in [-0.2, -0.15) is 0 Å². The van der Waals surface area contributed by atoms with Crippen molar-refractivity contribution >= 4 is 10.8 Å². The Morgan fingerprint density at radius 2 is 2.03 bits per heavy atom. The number of rotatable bonds is 2. The van der Waals surface area contributed by atoms with Crippen LogP contribution in [0.15, 0.2) is 60.0 Å². The molecule has 4 aliphatic heterocycles. The molecule has 5 nitrogen and oxygen atoms in total. The van der Waals surface area contributed by atoms with Crippen LogP contribution in [-0.2, 0) is 9.47 Å². The average molecular weight is 482 g/mol. The third-order valence-electron chi connectivity index (χ3n) is 11.5. The van der Waals surface area contributed by atoms with Gasteiger partial charge in [0.25, 0.3) is 0 Å². The first kappa shape index (κ1) is 20.9. The summed E-state index contributed by atoms with van der Waals surface area (Å²) in [6.07, 6.45) is 16.6. The van der Waals surface area contributed by atoms with E-state index in [9.17, 15) is 0 Å². The van der Waals surface area contributed by atoms with Crippen molar-refractivity contribution in [3.63, 3.8) is 0 Å². The molecule has 5 heterocycles. The second-order valence-electron chi connectivity index (χ2n) is 13.1. The van der Waals surface area contributed by atoms with Gasteiger partial charge >= 0.3 is 0 Å². The zero-order valence-corrected chi connectivity index (χ0v) is 21.0. The fraction of sp³-hybridized carbons (Fsp3) is 0.581. The maximum Gasteiger partial charge on any atom is 0.110 e. The predicted molar refractivity (Wildman–Crippen MR) is 138 cm³/mol. The van der Waals surface area contributed by atoms with Crippen LogP contribution in [-0.4, -0.2) is 58.5 Å². The maximum absolute atomic E-state index is 7.50. The van der Waals surface area contributed by atoms with Gasteiger partial charge in [-0.05, 0) is 90.0 Å². The highest BCUT2D eigenvalue weighted by Crippen LogP contribution is 2.70. The molecule has 2 aromatic rings. The minimum atomic E-state index is -0.135. The third-order valence-corrected chi connectivity index (χ3v) is 11.5. The number of allylic oxidation sites excluding steroid dienone is 1. The van der Waals surface area contributed by atoms with Gasteiger partial charge in [-0.1, -0.05) is 31.2 Å². The smallest absolute Gasteiger partial charge is 0.110 e. The molecule has 2 N–H and O–H groups in total. The lowest BCUT2D eigenvalue weighted by molar-refractivity contribution is -0.140. The van der Waals surface area contributed by atoms with Crippen LogP contribution in [0.5, 0.6) is 0 Å². The molecular weight excluding hydrogens is 446 g/mol. The lowest BCUT2D eigenvalue weighted by Crippen LogP contribution is -2.64. The van der Waals surface area contributed by atoms with Crippen LogP contribution in [0, 0.1) is 11.3 Å². The zero-order chi connectivity index (χ0) is 23.9. The van der Waals surface area contributed by atoms with E-state index in [0.717, 1.165) is 38.8 Å². The van der Waals surface area contributed by atoms with Crippen LogP contribution >= 0.6 is 0 Å². The number of pyridine rings is 1. The molecule has 1 aromatic carbocycles. The topological polar surface area (TPSA) is 63.9 Å². The van der Waals surface area contributed by atoms with Crippen LogP contribution in [0.2, 0.25) is 0 Å². The number of benzene rings is 1. The zero-order valence-electron chi connectivity index (χ0n) is 21.0. The molecule has 7 aliphatic rings. The Bertz CT molecular complexity index is 1360. The molecule has 9 rings (SSSR count). The van der Waals surface area contributed by atoms with Crippen molar-refractivity contribution in [2.24, 2.45) is 17.1 Å². The van der Waals surface area contributed by atoms with Crippen LogP contribution in [0.1, 0.15) is 56.9 Å². The van der Waals surface area contributed by atoms with E-state index in [1.165, 1.54) is 40.3 Å². The number of aromatic nitrogens is 1. The Hall–Kier alpha value is -2.05. The van der Waals surface area contributed by atoms with Crippen molar-refractivity contribution in [1.82, 2.24) is 9.88 Å². The number of nitrogens with zero attached hydrogens (tertiary/aromatic N) is 2. The minimum absolute atomic E-state index is 0.124. The predicted octanol–water partition coefficient (Wildman–Crippen LogP) is 4.48. The first-order valence-corrected chi connectivity index (χ1v) is 14.1. The molecule has 3 saturated heterocycles. The number of hydrogen-bond donors (Lipinski definition) is 1. The Kier molecular flexibility index (Phi) is 3.89. The van der Waals surface area contributed by atoms with E-state index < -0.39 is 0 Å². The molecule has 36 heavy (non-hydrogen) atoms. The van der Waals surface area contributed by atoms with E-state index in [-0.39, 0.29) is 22.7 Å². The van der Waals surface area contributed by atoms with Gasteiger partial charge < -0.3 is 15.2 Å². The molecule has 2 bridgehead atoms. The monoisotopic (exact) mass is 481 g/mol. The fourth-order valence-corrected chi connectivity index (χ4v) is 9.71. The lowest BCUT2D eigenvalue weighted by Gasteiger charge is -2.55. The fourth-order valence-electron chi connectivity index (χ4n) is 9.71. The molecule has 5 heteroatoms. The Morgan fingerprint density at radius 1 is 1.11 bits per heavy atom. The molecule has 3 aliphatic carbocycles. The van der Waals surface area contributed by atoms with Crippen LogP contribution in [0.4, 0.5) is 0 Å². The maximum atomic E-state index is 7.50. The molecule has 0 radical (unpaired) electrons. The highest BCUT2D eigenvalue weighted by molar-refractivity contribution is 5.82.